The van der Waals surface area contributed by atoms with E-state index in [1.54, 1.807) is 0 Å². The van der Waals surface area contributed by atoms with Crippen LogP contribution in [0.5, 0.6) is 5.75 Å². The molecule has 1 aliphatic rings. The number of ether oxygens (including phenoxy) is 2. The molecule has 0 aromatic heterocycles. The fraction of sp³-hybridized carbons (Fsp3) is 0.333. The number of benzene rings is 1. The minimum Gasteiger partial charge on any atom is -0.507 e. The first-order valence-electron chi connectivity index (χ1n) is 4.49. The van der Waals surface area contributed by atoms with E-state index in [1.807, 2.05) is 0 Å². The molecule has 7 heteroatoms. The van der Waals surface area contributed by atoms with Crippen molar-refractivity contribution in [2.45, 2.75) is 6.29 Å². The molecule has 86 valence electrons. The van der Waals surface area contributed by atoms with Crippen molar-refractivity contribution >= 4 is 21.6 Å². The lowest BCUT2D eigenvalue weighted by Gasteiger charge is -2.10. The maximum atomic E-state index is 10.8. The normalized spacial score (nSPS) is 16.6. The molecule has 2 rings (SSSR count). The topological polar surface area (TPSA) is 81.8 Å². The molecule has 1 saturated heterocycles. The van der Waals surface area contributed by atoms with Gasteiger partial charge in [-0.25, -0.2) is 0 Å². The molecule has 0 atom stereocenters. The molecule has 1 heterocycles. The summed E-state index contributed by atoms with van der Waals surface area (Å²) in [6.45, 7) is 0.806. The molecule has 0 saturated carbocycles. The maximum Gasteiger partial charge on any atom is 0.281 e. The van der Waals surface area contributed by atoms with Crippen LogP contribution in [-0.4, -0.2) is 23.2 Å². The van der Waals surface area contributed by atoms with Crippen LogP contribution in [0.2, 0.25) is 0 Å². The highest BCUT2D eigenvalue weighted by Crippen LogP contribution is 2.37. The molecule has 0 amide bonds. The second kappa shape index (κ2) is 4.36. The molecule has 1 fully saturated rings. The highest BCUT2D eigenvalue weighted by molar-refractivity contribution is 9.10. The van der Waals surface area contributed by atoms with Crippen molar-refractivity contribution < 1.29 is 19.5 Å². The molecule has 1 aliphatic heterocycles. The lowest BCUT2D eigenvalue weighted by atomic mass is 10.1. The van der Waals surface area contributed by atoms with Crippen LogP contribution in [0.3, 0.4) is 0 Å². The van der Waals surface area contributed by atoms with Crippen molar-refractivity contribution in [3.63, 3.8) is 0 Å². The number of hydrogen-bond acceptors (Lipinski definition) is 5. The second-order valence-electron chi connectivity index (χ2n) is 3.19. The zero-order valence-electron chi connectivity index (χ0n) is 8.05. The van der Waals surface area contributed by atoms with Crippen LogP contribution in [0, 0.1) is 10.1 Å². The van der Waals surface area contributed by atoms with Crippen LogP contribution in [-0.2, 0) is 9.47 Å². The molecule has 1 N–H and O–H groups in total. The summed E-state index contributed by atoms with van der Waals surface area (Å²) in [6.07, 6.45) is -0.739. The standard InChI is InChI=1S/C9H8BrNO5/c10-6-3-5(9-15-1-2-16-9)7(11(13)14)4-8(6)12/h3-4,9,12H,1-2H2. The maximum absolute atomic E-state index is 10.8. The lowest BCUT2D eigenvalue weighted by molar-refractivity contribution is -0.386. The summed E-state index contributed by atoms with van der Waals surface area (Å²) < 4.78 is 10.8. The molecule has 6 nitrogen and oxygen atoms in total. The van der Waals surface area contributed by atoms with Crippen LogP contribution >= 0.6 is 15.9 Å². The van der Waals surface area contributed by atoms with Crippen molar-refractivity contribution in [1.29, 1.82) is 0 Å². The molecule has 0 radical (unpaired) electrons. The monoisotopic (exact) mass is 289 g/mol. The Hall–Kier alpha value is -1.18. The Bertz CT molecular complexity index is 430. The Morgan fingerprint density at radius 3 is 2.62 bits per heavy atom. The summed E-state index contributed by atoms with van der Waals surface area (Å²) in [5.74, 6) is -0.187. The lowest BCUT2D eigenvalue weighted by Crippen LogP contribution is -2.03. The molecular formula is C9H8BrNO5. The van der Waals surface area contributed by atoms with Crippen molar-refractivity contribution in [2.75, 3.05) is 13.2 Å². The number of rotatable bonds is 2. The van der Waals surface area contributed by atoms with E-state index in [2.05, 4.69) is 15.9 Å². The first-order chi connectivity index (χ1) is 7.59. The van der Waals surface area contributed by atoms with Crippen LogP contribution in [0.4, 0.5) is 5.69 Å². The van der Waals surface area contributed by atoms with Crippen LogP contribution < -0.4 is 0 Å². The van der Waals surface area contributed by atoms with Crippen molar-refractivity contribution in [2.24, 2.45) is 0 Å². The summed E-state index contributed by atoms with van der Waals surface area (Å²) in [6, 6.07) is 2.51. The zero-order chi connectivity index (χ0) is 11.7. The quantitative estimate of drug-likeness (QED) is 0.666. The third kappa shape index (κ3) is 2.01. The van der Waals surface area contributed by atoms with E-state index in [-0.39, 0.29) is 11.4 Å². The van der Waals surface area contributed by atoms with Gasteiger partial charge >= 0.3 is 0 Å². The first-order valence-corrected chi connectivity index (χ1v) is 5.29. The van der Waals surface area contributed by atoms with E-state index in [1.165, 1.54) is 6.07 Å². The van der Waals surface area contributed by atoms with E-state index in [9.17, 15) is 15.2 Å². The number of nitrogens with zero attached hydrogens (tertiary/aromatic N) is 1. The Balaban J connectivity index is 2.48. The van der Waals surface area contributed by atoms with Gasteiger partial charge in [0.05, 0.1) is 34.2 Å². The smallest absolute Gasteiger partial charge is 0.281 e. The highest BCUT2D eigenvalue weighted by atomic mass is 79.9. The van der Waals surface area contributed by atoms with Crippen LogP contribution in [0.25, 0.3) is 0 Å². The Morgan fingerprint density at radius 2 is 2.06 bits per heavy atom. The molecule has 1 aromatic rings. The van der Waals surface area contributed by atoms with Gasteiger partial charge in [0.15, 0.2) is 6.29 Å². The number of nitro groups is 1. The van der Waals surface area contributed by atoms with Gasteiger partial charge in [-0.05, 0) is 22.0 Å². The third-order valence-electron chi connectivity index (χ3n) is 2.17. The number of halogens is 1. The molecule has 0 aliphatic carbocycles. The van der Waals surface area contributed by atoms with Crippen LogP contribution in [0.1, 0.15) is 11.9 Å². The van der Waals surface area contributed by atoms with E-state index < -0.39 is 11.2 Å². The largest absolute Gasteiger partial charge is 0.507 e. The van der Waals surface area contributed by atoms with Gasteiger partial charge in [0.25, 0.3) is 5.69 Å². The average molecular weight is 290 g/mol. The molecule has 16 heavy (non-hydrogen) atoms. The number of nitro benzene ring substituents is 1. The number of hydrogen-bond donors (Lipinski definition) is 1. The predicted molar refractivity (Wildman–Crippen MR) is 57.1 cm³/mol. The molecule has 0 bridgehead atoms. The van der Waals surface area contributed by atoms with Crippen LogP contribution in [0.15, 0.2) is 16.6 Å². The Morgan fingerprint density at radius 1 is 1.44 bits per heavy atom. The Labute approximate surface area is 99.1 Å². The summed E-state index contributed by atoms with van der Waals surface area (Å²) in [4.78, 5) is 10.2. The number of aromatic hydroxyl groups is 1. The second-order valence-corrected chi connectivity index (χ2v) is 4.05. The van der Waals surface area contributed by atoms with E-state index in [0.717, 1.165) is 6.07 Å². The fourth-order valence-electron chi connectivity index (χ4n) is 1.45. The first kappa shape index (κ1) is 11.3. The van der Waals surface area contributed by atoms with E-state index >= 15 is 0 Å². The number of phenolic OH excluding ortho intramolecular Hbond substituents is 1. The summed E-state index contributed by atoms with van der Waals surface area (Å²) in [7, 11) is 0. The molecular weight excluding hydrogens is 282 g/mol. The Kier molecular flexibility index (Phi) is 3.08. The number of phenols is 1. The average Bonchev–Trinajstić information content (AvgIpc) is 2.74. The minimum atomic E-state index is -0.739. The summed E-state index contributed by atoms with van der Waals surface area (Å²) in [5.41, 5.74) is 0.0831. The van der Waals surface area contributed by atoms with E-state index in [0.29, 0.717) is 23.2 Å². The van der Waals surface area contributed by atoms with Gasteiger partial charge < -0.3 is 14.6 Å². The van der Waals surface area contributed by atoms with Gasteiger partial charge in [0.1, 0.15) is 5.75 Å². The van der Waals surface area contributed by atoms with Gasteiger partial charge in [-0.15, -0.1) is 0 Å². The fourth-order valence-corrected chi connectivity index (χ4v) is 1.81. The molecule has 1 aromatic carbocycles. The zero-order valence-corrected chi connectivity index (χ0v) is 9.64. The van der Waals surface area contributed by atoms with Crippen molar-refractivity contribution in [1.82, 2.24) is 0 Å². The highest BCUT2D eigenvalue weighted by Gasteiger charge is 2.28. The predicted octanol–water partition coefficient (Wildman–Crippen LogP) is 2.11. The van der Waals surface area contributed by atoms with Crippen molar-refractivity contribution in [3.8, 4) is 5.75 Å². The summed E-state index contributed by atoms with van der Waals surface area (Å²) >= 11 is 3.09. The van der Waals surface area contributed by atoms with Gasteiger partial charge in [0.2, 0.25) is 0 Å². The SMILES string of the molecule is O=[N+]([O-])c1cc(O)c(Br)cc1C1OCCO1. The van der Waals surface area contributed by atoms with Gasteiger partial charge in [0, 0.05) is 0 Å². The molecule has 0 unspecified atom stereocenters. The van der Waals surface area contributed by atoms with E-state index in [4.69, 9.17) is 9.47 Å². The summed E-state index contributed by atoms with van der Waals surface area (Å²) in [5, 5.41) is 20.2. The van der Waals surface area contributed by atoms with Crippen molar-refractivity contribution in [3.05, 3.63) is 32.3 Å². The molecule has 0 spiro atoms. The minimum absolute atomic E-state index is 0.187. The van der Waals surface area contributed by atoms with Gasteiger partial charge in [-0.3, -0.25) is 10.1 Å². The van der Waals surface area contributed by atoms with Gasteiger partial charge in [-0.2, -0.15) is 0 Å². The third-order valence-corrected chi connectivity index (χ3v) is 2.80. The van der Waals surface area contributed by atoms with Gasteiger partial charge in [-0.1, -0.05) is 0 Å².